The summed E-state index contributed by atoms with van der Waals surface area (Å²) in [4.78, 5) is 17.0. The summed E-state index contributed by atoms with van der Waals surface area (Å²) in [6.07, 6.45) is 8.56. The van der Waals surface area contributed by atoms with Crippen molar-refractivity contribution in [3.05, 3.63) is 78.4 Å². The van der Waals surface area contributed by atoms with Gasteiger partial charge in [-0.05, 0) is 70.3 Å². The highest BCUT2D eigenvalue weighted by Crippen LogP contribution is 2.39. The van der Waals surface area contributed by atoms with E-state index in [1.807, 2.05) is 12.3 Å². The van der Waals surface area contributed by atoms with Crippen LogP contribution in [0.3, 0.4) is 0 Å². The number of hydrogen-bond acceptors (Lipinski definition) is 5. The number of imidazole rings is 1. The van der Waals surface area contributed by atoms with E-state index in [0.717, 1.165) is 70.1 Å². The molecule has 1 saturated carbocycles. The molecule has 2 aromatic carbocycles. The Balaban J connectivity index is 1.42. The van der Waals surface area contributed by atoms with E-state index < -0.39 is 0 Å². The van der Waals surface area contributed by atoms with Crippen LogP contribution in [0.15, 0.2) is 67.0 Å². The molecule has 188 valence electrons. The molecule has 37 heavy (non-hydrogen) atoms. The highest BCUT2D eigenvalue weighted by molar-refractivity contribution is 5.92. The molecule has 3 heterocycles. The van der Waals surface area contributed by atoms with Gasteiger partial charge in [0.2, 0.25) is 0 Å². The van der Waals surface area contributed by atoms with Gasteiger partial charge in [0.25, 0.3) is 0 Å². The molecule has 1 aliphatic rings. The van der Waals surface area contributed by atoms with E-state index in [1.165, 1.54) is 18.4 Å². The molecule has 1 fully saturated rings. The Morgan fingerprint density at radius 1 is 0.946 bits per heavy atom. The zero-order valence-corrected chi connectivity index (χ0v) is 21.9. The van der Waals surface area contributed by atoms with Crippen LogP contribution in [0.1, 0.15) is 43.0 Å². The maximum atomic E-state index is 6.46. The molecule has 0 atom stereocenters. The van der Waals surface area contributed by atoms with Crippen molar-refractivity contribution in [2.24, 2.45) is 5.92 Å². The molecule has 0 unspecified atom stereocenters. The average Bonchev–Trinajstić information content (AvgIpc) is 3.30. The standard InChI is InChI=1S/C31H34N6/c1-20-17-26(22-7-5-4-6-8-22)34-27-18-24(13-14-25(20)27)28-29-30(32)33-15-16-37(29)31(35-28)23-11-9-21(10-12-23)19-36(2)3/h4-8,13-18,21,23H,9-12,19H2,1-3H3,(H2,32,33)/t21-,23-. The smallest absolute Gasteiger partial charge is 0.150 e. The molecular weight excluding hydrogens is 456 g/mol. The van der Waals surface area contributed by atoms with Gasteiger partial charge in [0, 0.05) is 41.4 Å². The lowest BCUT2D eigenvalue weighted by atomic mass is 9.81. The van der Waals surface area contributed by atoms with Crippen molar-refractivity contribution in [1.82, 2.24) is 24.3 Å². The number of hydrogen-bond donors (Lipinski definition) is 1. The summed E-state index contributed by atoms with van der Waals surface area (Å²) in [5.74, 6) is 2.80. The molecule has 6 heteroatoms. The van der Waals surface area contributed by atoms with Crippen LogP contribution in [0.4, 0.5) is 5.82 Å². The summed E-state index contributed by atoms with van der Waals surface area (Å²) in [6.45, 7) is 3.31. The fourth-order valence-corrected chi connectivity index (χ4v) is 6.00. The summed E-state index contributed by atoms with van der Waals surface area (Å²) in [5, 5.41) is 1.15. The van der Waals surface area contributed by atoms with Gasteiger partial charge in [0.1, 0.15) is 22.9 Å². The number of nitrogens with two attached hydrogens (primary N) is 1. The van der Waals surface area contributed by atoms with Gasteiger partial charge >= 0.3 is 0 Å². The second-order valence-corrected chi connectivity index (χ2v) is 10.8. The molecular formula is C31H34N6. The summed E-state index contributed by atoms with van der Waals surface area (Å²) in [7, 11) is 4.33. The lowest BCUT2D eigenvalue weighted by Crippen LogP contribution is -2.25. The SMILES string of the molecule is Cc1cc(-c2ccccc2)nc2cc(-c3nc([C@H]4CC[C@H](CN(C)C)CC4)n4ccnc(N)c34)ccc12. The van der Waals surface area contributed by atoms with Crippen LogP contribution < -0.4 is 5.73 Å². The fraction of sp³-hybridized carbons (Fsp3) is 0.323. The molecule has 3 aromatic heterocycles. The van der Waals surface area contributed by atoms with Crippen molar-refractivity contribution in [3.63, 3.8) is 0 Å². The summed E-state index contributed by atoms with van der Waals surface area (Å²) in [5.41, 5.74) is 13.5. The zero-order valence-electron chi connectivity index (χ0n) is 21.9. The Bertz CT molecular complexity index is 1560. The first-order chi connectivity index (χ1) is 18.0. The number of nitrogen functional groups attached to an aromatic ring is 1. The molecule has 0 bridgehead atoms. The highest BCUT2D eigenvalue weighted by atomic mass is 15.1. The van der Waals surface area contributed by atoms with Gasteiger partial charge < -0.3 is 10.6 Å². The number of nitrogens with zero attached hydrogens (tertiary/aromatic N) is 5. The third kappa shape index (κ3) is 4.46. The van der Waals surface area contributed by atoms with Crippen molar-refractivity contribution in [2.45, 2.75) is 38.5 Å². The van der Waals surface area contributed by atoms with Crippen LogP contribution in [0.25, 0.3) is 38.9 Å². The minimum Gasteiger partial charge on any atom is -0.382 e. The Kier molecular flexibility index (Phi) is 6.13. The van der Waals surface area contributed by atoms with E-state index in [9.17, 15) is 0 Å². The number of aromatic nitrogens is 4. The van der Waals surface area contributed by atoms with E-state index >= 15 is 0 Å². The van der Waals surface area contributed by atoms with Crippen molar-refractivity contribution in [3.8, 4) is 22.5 Å². The van der Waals surface area contributed by atoms with Crippen LogP contribution in [-0.2, 0) is 0 Å². The minimum atomic E-state index is 0.423. The Morgan fingerprint density at radius 2 is 1.73 bits per heavy atom. The number of anilines is 1. The molecule has 0 amide bonds. The van der Waals surface area contributed by atoms with Crippen LogP contribution in [0.2, 0.25) is 0 Å². The largest absolute Gasteiger partial charge is 0.382 e. The molecule has 6 rings (SSSR count). The quantitative estimate of drug-likeness (QED) is 0.311. The number of aryl methyl sites for hydroxylation is 1. The Labute approximate surface area is 218 Å². The van der Waals surface area contributed by atoms with Gasteiger partial charge in [-0.3, -0.25) is 4.40 Å². The van der Waals surface area contributed by atoms with Crippen molar-refractivity contribution in [2.75, 3.05) is 26.4 Å². The normalized spacial score (nSPS) is 18.2. The van der Waals surface area contributed by atoms with Gasteiger partial charge in [-0.25, -0.2) is 15.0 Å². The number of rotatable bonds is 5. The van der Waals surface area contributed by atoms with E-state index in [-0.39, 0.29) is 0 Å². The molecule has 0 saturated heterocycles. The highest BCUT2D eigenvalue weighted by Gasteiger charge is 2.28. The zero-order chi connectivity index (χ0) is 25.5. The minimum absolute atomic E-state index is 0.423. The second-order valence-electron chi connectivity index (χ2n) is 10.8. The molecule has 5 aromatic rings. The van der Waals surface area contributed by atoms with Crippen molar-refractivity contribution >= 4 is 22.2 Å². The lowest BCUT2D eigenvalue weighted by Gasteiger charge is -2.29. The predicted molar refractivity (Wildman–Crippen MR) is 152 cm³/mol. The van der Waals surface area contributed by atoms with Gasteiger partial charge in [-0.1, -0.05) is 42.5 Å². The van der Waals surface area contributed by atoms with Gasteiger partial charge in [0.05, 0.1) is 11.2 Å². The van der Waals surface area contributed by atoms with Gasteiger partial charge in [-0.15, -0.1) is 0 Å². The van der Waals surface area contributed by atoms with Crippen LogP contribution in [-0.4, -0.2) is 44.9 Å². The van der Waals surface area contributed by atoms with E-state index in [2.05, 4.69) is 83.8 Å². The number of fused-ring (bicyclic) bond motifs is 2. The number of benzene rings is 2. The predicted octanol–water partition coefficient (Wildman–Crippen LogP) is 6.34. The van der Waals surface area contributed by atoms with Crippen molar-refractivity contribution < 1.29 is 0 Å². The Hall–Kier alpha value is -3.77. The second kappa shape index (κ2) is 9.60. The molecule has 6 nitrogen and oxygen atoms in total. The van der Waals surface area contributed by atoms with Crippen LogP contribution in [0.5, 0.6) is 0 Å². The summed E-state index contributed by atoms with van der Waals surface area (Å²) in [6, 6.07) is 19.0. The van der Waals surface area contributed by atoms with Crippen LogP contribution >= 0.6 is 0 Å². The number of pyridine rings is 1. The molecule has 0 aliphatic heterocycles. The fourth-order valence-electron chi connectivity index (χ4n) is 6.00. The summed E-state index contributed by atoms with van der Waals surface area (Å²) < 4.78 is 2.18. The first kappa shape index (κ1) is 23.6. The van der Waals surface area contributed by atoms with Crippen molar-refractivity contribution in [1.29, 1.82) is 0 Å². The maximum Gasteiger partial charge on any atom is 0.150 e. The topological polar surface area (TPSA) is 72.3 Å². The van der Waals surface area contributed by atoms with Crippen LogP contribution in [0, 0.1) is 12.8 Å². The first-order valence-corrected chi connectivity index (χ1v) is 13.2. The van der Waals surface area contributed by atoms with E-state index in [0.29, 0.717) is 11.7 Å². The van der Waals surface area contributed by atoms with Gasteiger partial charge in [0.15, 0.2) is 0 Å². The van der Waals surface area contributed by atoms with E-state index in [4.69, 9.17) is 15.7 Å². The third-order valence-electron chi connectivity index (χ3n) is 7.81. The molecule has 2 N–H and O–H groups in total. The summed E-state index contributed by atoms with van der Waals surface area (Å²) >= 11 is 0. The third-order valence-corrected chi connectivity index (χ3v) is 7.81. The van der Waals surface area contributed by atoms with E-state index in [1.54, 1.807) is 6.20 Å². The molecule has 0 radical (unpaired) electrons. The molecule has 1 aliphatic carbocycles. The maximum absolute atomic E-state index is 6.46. The average molecular weight is 491 g/mol. The van der Waals surface area contributed by atoms with Gasteiger partial charge in [-0.2, -0.15) is 0 Å². The monoisotopic (exact) mass is 490 g/mol. The first-order valence-electron chi connectivity index (χ1n) is 13.2. The molecule has 0 spiro atoms. The lowest BCUT2D eigenvalue weighted by molar-refractivity contribution is 0.246. The Morgan fingerprint density at radius 3 is 2.49 bits per heavy atom.